The molecule has 3 rings (SSSR count). The van der Waals surface area contributed by atoms with Crippen molar-refractivity contribution in [2.75, 3.05) is 61.1 Å². The molecule has 2 aliphatic heterocycles. The molecule has 1 aromatic heterocycles. The molecule has 1 atom stereocenters. The lowest BCUT2D eigenvalue weighted by molar-refractivity contribution is 0.122. The van der Waals surface area contributed by atoms with Crippen molar-refractivity contribution in [3.8, 4) is 0 Å². The SMILES string of the molecule is CCCNC(=S)Nc1nc(N2CCOCC2)cc(N2CCCC(C)C2)n1. The molecule has 0 saturated carbocycles. The molecule has 0 aliphatic carbocycles. The normalized spacial score (nSPS) is 20.8. The summed E-state index contributed by atoms with van der Waals surface area (Å²) in [6, 6.07) is 2.11. The first-order chi connectivity index (χ1) is 12.7. The van der Waals surface area contributed by atoms with Gasteiger partial charge in [0.1, 0.15) is 11.6 Å². The van der Waals surface area contributed by atoms with Crippen molar-refractivity contribution in [2.45, 2.75) is 33.1 Å². The van der Waals surface area contributed by atoms with E-state index in [1.54, 1.807) is 0 Å². The Balaban J connectivity index is 1.82. The third-order valence-electron chi connectivity index (χ3n) is 4.78. The summed E-state index contributed by atoms with van der Waals surface area (Å²) in [5, 5.41) is 6.91. The predicted molar refractivity (Wildman–Crippen MR) is 110 cm³/mol. The molecule has 1 unspecified atom stereocenters. The van der Waals surface area contributed by atoms with Gasteiger partial charge < -0.3 is 25.2 Å². The Morgan fingerprint density at radius 1 is 1.23 bits per heavy atom. The maximum absolute atomic E-state index is 5.48. The number of hydrogen-bond donors (Lipinski definition) is 2. The highest BCUT2D eigenvalue weighted by molar-refractivity contribution is 7.80. The van der Waals surface area contributed by atoms with Gasteiger partial charge in [-0.2, -0.15) is 9.97 Å². The lowest BCUT2D eigenvalue weighted by Crippen LogP contribution is -2.38. The van der Waals surface area contributed by atoms with Gasteiger partial charge >= 0.3 is 0 Å². The van der Waals surface area contributed by atoms with Crippen LogP contribution in [-0.4, -0.2) is 61.0 Å². The van der Waals surface area contributed by atoms with Crippen LogP contribution < -0.4 is 20.4 Å². The second kappa shape index (κ2) is 9.32. The highest BCUT2D eigenvalue weighted by Crippen LogP contribution is 2.26. The van der Waals surface area contributed by atoms with E-state index in [1.807, 2.05) is 0 Å². The van der Waals surface area contributed by atoms with Crippen LogP contribution in [0.5, 0.6) is 0 Å². The molecule has 2 aliphatic rings. The first-order valence-electron chi connectivity index (χ1n) is 9.67. The number of anilines is 3. The van der Waals surface area contributed by atoms with Crippen molar-refractivity contribution in [3.63, 3.8) is 0 Å². The van der Waals surface area contributed by atoms with Gasteiger partial charge in [0.25, 0.3) is 0 Å². The molecule has 2 N–H and O–H groups in total. The van der Waals surface area contributed by atoms with Crippen LogP contribution >= 0.6 is 12.2 Å². The Bertz CT molecular complexity index is 607. The largest absolute Gasteiger partial charge is 0.378 e. The minimum Gasteiger partial charge on any atom is -0.378 e. The first-order valence-corrected chi connectivity index (χ1v) is 10.1. The van der Waals surface area contributed by atoms with Crippen molar-refractivity contribution >= 4 is 34.9 Å². The number of nitrogens with one attached hydrogen (secondary N) is 2. The van der Waals surface area contributed by atoms with Crippen LogP contribution in [0.4, 0.5) is 17.6 Å². The molecule has 2 saturated heterocycles. The standard InChI is InChI=1S/C18H30N6OS/c1-3-6-19-18(26)22-17-20-15(23-8-10-25-11-9-23)12-16(21-17)24-7-4-5-14(2)13-24/h12,14H,3-11,13H2,1-2H3,(H2,19,20,21,22,26). The fourth-order valence-corrected chi connectivity index (χ4v) is 3.57. The van der Waals surface area contributed by atoms with Gasteiger partial charge in [-0.25, -0.2) is 0 Å². The van der Waals surface area contributed by atoms with Crippen LogP contribution in [0.1, 0.15) is 33.1 Å². The number of piperidine rings is 1. The summed E-state index contributed by atoms with van der Waals surface area (Å²) in [4.78, 5) is 14.1. The molecule has 7 nitrogen and oxygen atoms in total. The van der Waals surface area contributed by atoms with Crippen molar-refractivity contribution < 1.29 is 4.74 Å². The number of morpholine rings is 1. The maximum Gasteiger partial charge on any atom is 0.232 e. The number of ether oxygens (including phenoxy) is 1. The van der Waals surface area contributed by atoms with Crippen molar-refractivity contribution in [1.29, 1.82) is 0 Å². The maximum atomic E-state index is 5.48. The average molecular weight is 379 g/mol. The zero-order valence-corrected chi connectivity index (χ0v) is 16.6. The van der Waals surface area contributed by atoms with E-state index < -0.39 is 0 Å². The molecule has 8 heteroatoms. The minimum absolute atomic E-state index is 0.566. The van der Waals surface area contributed by atoms with Crippen LogP contribution in [0.2, 0.25) is 0 Å². The molecule has 0 radical (unpaired) electrons. The van der Waals surface area contributed by atoms with Crippen LogP contribution in [0, 0.1) is 5.92 Å². The molecule has 1 aromatic rings. The molecule has 0 amide bonds. The van der Waals surface area contributed by atoms with Crippen LogP contribution in [-0.2, 0) is 4.74 Å². The Hall–Kier alpha value is -1.67. The molecule has 0 aromatic carbocycles. The van der Waals surface area contributed by atoms with Gasteiger partial charge in [0, 0.05) is 38.8 Å². The van der Waals surface area contributed by atoms with Crippen molar-refractivity contribution in [2.24, 2.45) is 5.92 Å². The lowest BCUT2D eigenvalue weighted by Gasteiger charge is -2.33. The molecule has 0 bridgehead atoms. The summed E-state index contributed by atoms with van der Waals surface area (Å²) in [6.45, 7) is 10.5. The highest BCUT2D eigenvalue weighted by Gasteiger charge is 2.21. The van der Waals surface area contributed by atoms with E-state index in [2.05, 4.69) is 40.3 Å². The topological polar surface area (TPSA) is 65.6 Å². The van der Waals surface area contributed by atoms with Gasteiger partial charge in [0.2, 0.25) is 5.95 Å². The number of rotatable bonds is 5. The summed E-state index contributed by atoms with van der Waals surface area (Å²) in [7, 11) is 0. The Kier molecular flexibility index (Phi) is 6.85. The number of aromatic nitrogens is 2. The van der Waals surface area contributed by atoms with E-state index in [-0.39, 0.29) is 0 Å². The highest BCUT2D eigenvalue weighted by atomic mass is 32.1. The predicted octanol–water partition coefficient (Wildman–Crippen LogP) is 2.25. The number of thiocarbonyl (C=S) groups is 1. The molecular formula is C18H30N6OS. The Morgan fingerprint density at radius 2 is 1.96 bits per heavy atom. The lowest BCUT2D eigenvalue weighted by atomic mass is 10.0. The third-order valence-corrected chi connectivity index (χ3v) is 5.02. The van der Waals surface area contributed by atoms with E-state index in [4.69, 9.17) is 26.9 Å². The molecule has 144 valence electrons. The van der Waals surface area contributed by atoms with Gasteiger partial charge in [-0.3, -0.25) is 0 Å². The smallest absolute Gasteiger partial charge is 0.232 e. The fraction of sp³-hybridized carbons (Fsp3) is 0.722. The van der Waals surface area contributed by atoms with Crippen LogP contribution in [0.3, 0.4) is 0 Å². The summed E-state index contributed by atoms with van der Waals surface area (Å²) in [6.07, 6.45) is 3.51. The van der Waals surface area contributed by atoms with Gasteiger partial charge in [-0.1, -0.05) is 13.8 Å². The van der Waals surface area contributed by atoms with Gasteiger partial charge in [-0.15, -0.1) is 0 Å². The molecule has 3 heterocycles. The van der Waals surface area contributed by atoms with Gasteiger partial charge in [0.05, 0.1) is 13.2 Å². The van der Waals surface area contributed by atoms with Crippen molar-refractivity contribution in [1.82, 2.24) is 15.3 Å². The summed E-state index contributed by atoms with van der Waals surface area (Å²) >= 11 is 5.37. The van der Waals surface area contributed by atoms with E-state index in [0.717, 1.165) is 64.0 Å². The van der Waals surface area contributed by atoms with E-state index in [0.29, 0.717) is 17.0 Å². The first kappa shape index (κ1) is 19.1. The van der Waals surface area contributed by atoms with Crippen LogP contribution in [0.25, 0.3) is 0 Å². The second-order valence-electron chi connectivity index (χ2n) is 7.08. The second-order valence-corrected chi connectivity index (χ2v) is 7.49. The van der Waals surface area contributed by atoms with E-state index >= 15 is 0 Å². The van der Waals surface area contributed by atoms with Gasteiger partial charge in [0.15, 0.2) is 5.11 Å². The molecule has 2 fully saturated rings. The molecule has 0 spiro atoms. The van der Waals surface area contributed by atoms with Gasteiger partial charge in [-0.05, 0) is 37.4 Å². The quantitative estimate of drug-likeness (QED) is 0.757. The van der Waals surface area contributed by atoms with E-state index in [1.165, 1.54) is 12.8 Å². The Morgan fingerprint density at radius 3 is 2.65 bits per heavy atom. The van der Waals surface area contributed by atoms with Crippen LogP contribution in [0.15, 0.2) is 6.07 Å². The zero-order valence-electron chi connectivity index (χ0n) is 15.8. The average Bonchev–Trinajstić information content (AvgIpc) is 2.67. The van der Waals surface area contributed by atoms with E-state index in [9.17, 15) is 0 Å². The number of hydrogen-bond acceptors (Lipinski definition) is 6. The summed E-state index contributed by atoms with van der Waals surface area (Å²) in [5.74, 6) is 3.18. The summed E-state index contributed by atoms with van der Waals surface area (Å²) in [5.41, 5.74) is 0. The fourth-order valence-electron chi connectivity index (χ4n) is 3.38. The van der Waals surface area contributed by atoms with Crippen molar-refractivity contribution in [3.05, 3.63) is 6.07 Å². The monoisotopic (exact) mass is 378 g/mol. The number of nitrogens with zero attached hydrogens (tertiary/aromatic N) is 4. The molecular weight excluding hydrogens is 348 g/mol. The third kappa shape index (κ3) is 5.17. The minimum atomic E-state index is 0.566. The zero-order chi connectivity index (χ0) is 18.4. The summed E-state index contributed by atoms with van der Waals surface area (Å²) < 4.78 is 5.48. The molecule has 26 heavy (non-hydrogen) atoms. The Labute approximate surface area is 161 Å².